The number of ether oxygens (including phenoxy) is 1. The van der Waals surface area contributed by atoms with Gasteiger partial charge in [0.05, 0.1) is 18.9 Å². The molecule has 5 heteroatoms. The fraction of sp³-hybridized carbons (Fsp3) is 0.692. The lowest BCUT2D eigenvalue weighted by Crippen LogP contribution is -2.38. The molecule has 0 spiro atoms. The molecule has 3 rings (SSSR count). The van der Waals surface area contributed by atoms with Gasteiger partial charge < -0.3 is 15.0 Å². The van der Waals surface area contributed by atoms with Crippen LogP contribution < -0.4 is 10.2 Å². The number of aromatic nitrogens is 2. The van der Waals surface area contributed by atoms with E-state index in [2.05, 4.69) is 20.2 Å². The van der Waals surface area contributed by atoms with E-state index in [1.54, 1.807) is 6.20 Å². The highest BCUT2D eigenvalue weighted by molar-refractivity contribution is 5.45. The molecule has 2 aliphatic heterocycles. The Morgan fingerprint density at radius 2 is 1.83 bits per heavy atom. The van der Waals surface area contributed by atoms with E-state index in [-0.39, 0.29) is 0 Å². The van der Waals surface area contributed by atoms with E-state index in [1.807, 2.05) is 6.20 Å². The van der Waals surface area contributed by atoms with Crippen LogP contribution in [0.15, 0.2) is 12.4 Å². The summed E-state index contributed by atoms with van der Waals surface area (Å²) < 4.78 is 5.41. The summed E-state index contributed by atoms with van der Waals surface area (Å²) in [6, 6.07) is 0. The Bertz CT molecular complexity index is 349. The predicted octanol–water partition coefficient (Wildman–Crippen LogP) is 0.780. The first-order valence-electron chi connectivity index (χ1n) is 6.79. The number of hydrogen-bond acceptors (Lipinski definition) is 5. The Labute approximate surface area is 108 Å². The summed E-state index contributed by atoms with van der Waals surface area (Å²) in [5.41, 5.74) is 1.18. The van der Waals surface area contributed by atoms with Crippen LogP contribution in [0.25, 0.3) is 0 Å². The molecule has 98 valence electrons. The highest BCUT2D eigenvalue weighted by atomic mass is 16.5. The van der Waals surface area contributed by atoms with Crippen molar-refractivity contribution in [3.8, 4) is 0 Å². The summed E-state index contributed by atoms with van der Waals surface area (Å²) in [4.78, 5) is 11.5. The molecule has 1 aromatic heterocycles. The third-order valence-electron chi connectivity index (χ3n) is 3.74. The van der Waals surface area contributed by atoms with E-state index in [9.17, 15) is 0 Å². The van der Waals surface area contributed by atoms with Gasteiger partial charge in [0.15, 0.2) is 5.82 Å². The van der Waals surface area contributed by atoms with Gasteiger partial charge in [-0.3, -0.25) is 4.98 Å². The first-order chi connectivity index (χ1) is 8.95. The van der Waals surface area contributed by atoms with Crippen LogP contribution in [-0.4, -0.2) is 49.4 Å². The van der Waals surface area contributed by atoms with Crippen molar-refractivity contribution in [3.63, 3.8) is 0 Å². The number of morpholine rings is 1. The summed E-state index contributed by atoms with van der Waals surface area (Å²) in [5, 5.41) is 3.40. The predicted molar refractivity (Wildman–Crippen MR) is 69.9 cm³/mol. The van der Waals surface area contributed by atoms with Crippen molar-refractivity contribution >= 4 is 5.82 Å². The molecular weight excluding hydrogens is 228 g/mol. The van der Waals surface area contributed by atoms with Crippen molar-refractivity contribution in [1.82, 2.24) is 15.3 Å². The lowest BCUT2D eigenvalue weighted by atomic mass is 9.94. The standard InChI is InChI=1S/C13H20N4O/c1-3-14-4-2-11(1)12-13(16-6-5-15-12)17-7-9-18-10-8-17/h5-6,11,14H,1-4,7-10H2. The van der Waals surface area contributed by atoms with Gasteiger partial charge in [-0.15, -0.1) is 0 Å². The molecule has 0 aromatic carbocycles. The highest BCUT2D eigenvalue weighted by Gasteiger charge is 2.24. The molecule has 2 saturated heterocycles. The molecule has 1 aromatic rings. The van der Waals surface area contributed by atoms with Crippen molar-refractivity contribution in [2.45, 2.75) is 18.8 Å². The maximum Gasteiger partial charge on any atom is 0.150 e. The Morgan fingerprint density at radius 1 is 1.11 bits per heavy atom. The van der Waals surface area contributed by atoms with Crippen LogP contribution in [0.4, 0.5) is 5.82 Å². The van der Waals surface area contributed by atoms with Crippen LogP contribution in [0.2, 0.25) is 0 Å². The van der Waals surface area contributed by atoms with E-state index in [4.69, 9.17) is 4.74 Å². The Morgan fingerprint density at radius 3 is 2.61 bits per heavy atom. The number of nitrogens with zero attached hydrogens (tertiary/aromatic N) is 3. The summed E-state index contributed by atoms with van der Waals surface area (Å²) >= 11 is 0. The molecule has 0 bridgehead atoms. The van der Waals surface area contributed by atoms with Crippen molar-refractivity contribution in [1.29, 1.82) is 0 Å². The average molecular weight is 248 g/mol. The average Bonchev–Trinajstić information content (AvgIpc) is 2.49. The minimum absolute atomic E-state index is 0.554. The van der Waals surface area contributed by atoms with Crippen LogP contribution in [0.5, 0.6) is 0 Å². The number of hydrogen-bond donors (Lipinski definition) is 1. The number of anilines is 1. The van der Waals surface area contributed by atoms with E-state index < -0.39 is 0 Å². The number of rotatable bonds is 2. The van der Waals surface area contributed by atoms with Gasteiger partial charge in [0.2, 0.25) is 0 Å². The summed E-state index contributed by atoms with van der Waals surface area (Å²) in [6.07, 6.45) is 5.95. The first kappa shape index (κ1) is 11.9. The molecule has 0 atom stereocenters. The minimum atomic E-state index is 0.554. The molecule has 3 heterocycles. The van der Waals surface area contributed by atoms with E-state index in [0.717, 1.165) is 58.1 Å². The third-order valence-corrected chi connectivity index (χ3v) is 3.74. The first-order valence-corrected chi connectivity index (χ1v) is 6.79. The smallest absolute Gasteiger partial charge is 0.150 e. The maximum atomic E-state index is 5.41. The molecule has 5 nitrogen and oxygen atoms in total. The molecule has 0 radical (unpaired) electrons. The zero-order valence-corrected chi connectivity index (χ0v) is 10.6. The van der Waals surface area contributed by atoms with Gasteiger partial charge in [-0.1, -0.05) is 0 Å². The van der Waals surface area contributed by atoms with Gasteiger partial charge in [-0.2, -0.15) is 0 Å². The fourth-order valence-electron chi connectivity index (χ4n) is 2.74. The second-order valence-corrected chi connectivity index (χ2v) is 4.89. The van der Waals surface area contributed by atoms with Crippen LogP contribution in [-0.2, 0) is 4.74 Å². The van der Waals surface area contributed by atoms with Gasteiger partial charge in [-0.05, 0) is 25.9 Å². The molecule has 1 N–H and O–H groups in total. The Hall–Kier alpha value is -1.20. The van der Waals surface area contributed by atoms with Crippen LogP contribution in [0.1, 0.15) is 24.5 Å². The SMILES string of the molecule is c1cnc(N2CCOCC2)c(C2CCNCC2)n1. The summed E-state index contributed by atoms with van der Waals surface area (Å²) in [6.45, 7) is 5.62. The zero-order chi connectivity index (χ0) is 12.2. The largest absolute Gasteiger partial charge is 0.378 e. The monoisotopic (exact) mass is 248 g/mol. The minimum Gasteiger partial charge on any atom is -0.378 e. The topological polar surface area (TPSA) is 50.3 Å². The number of piperidine rings is 1. The van der Waals surface area contributed by atoms with Gasteiger partial charge in [0.1, 0.15) is 0 Å². The highest BCUT2D eigenvalue weighted by Crippen LogP contribution is 2.30. The fourth-order valence-corrected chi connectivity index (χ4v) is 2.74. The molecule has 0 saturated carbocycles. The number of nitrogens with one attached hydrogen (secondary N) is 1. The molecule has 0 unspecified atom stereocenters. The maximum absolute atomic E-state index is 5.41. The van der Waals surface area contributed by atoms with Crippen LogP contribution >= 0.6 is 0 Å². The molecule has 2 fully saturated rings. The molecular formula is C13H20N4O. The Balaban J connectivity index is 1.83. The van der Waals surface area contributed by atoms with Crippen molar-refractivity contribution in [3.05, 3.63) is 18.1 Å². The van der Waals surface area contributed by atoms with Gasteiger partial charge in [0, 0.05) is 31.4 Å². The van der Waals surface area contributed by atoms with E-state index in [0.29, 0.717) is 5.92 Å². The third kappa shape index (κ3) is 2.47. The molecule has 0 aliphatic carbocycles. The molecule has 18 heavy (non-hydrogen) atoms. The van der Waals surface area contributed by atoms with E-state index in [1.165, 1.54) is 5.69 Å². The van der Waals surface area contributed by atoms with Gasteiger partial charge in [-0.25, -0.2) is 4.98 Å². The summed E-state index contributed by atoms with van der Waals surface area (Å²) in [7, 11) is 0. The van der Waals surface area contributed by atoms with Gasteiger partial charge in [0.25, 0.3) is 0 Å². The lowest BCUT2D eigenvalue weighted by Gasteiger charge is -2.31. The van der Waals surface area contributed by atoms with Crippen molar-refractivity contribution in [2.24, 2.45) is 0 Å². The molecule has 0 amide bonds. The normalized spacial score (nSPS) is 22.1. The van der Waals surface area contributed by atoms with E-state index >= 15 is 0 Å². The molecule has 2 aliphatic rings. The zero-order valence-electron chi connectivity index (χ0n) is 10.6. The van der Waals surface area contributed by atoms with Crippen LogP contribution in [0, 0.1) is 0 Å². The second-order valence-electron chi connectivity index (χ2n) is 4.89. The second kappa shape index (κ2) is 5.63. The quantitative estimate of drug-likeness (QED) is 0.838. The van der Waals surface area contributed by atoms with Gasteiger partial charge >= 0.3 is 0 Å². The van der Waals surface area contributed by atoms with Crippen LogP contribution in [0.3, 0.4) is 0 Å². The summed E-state index contributed by atoms with van der Waals surface area (Å²) in [5.74, 6) is 1.63. The van der Waals surface area contributed by atoms with Crippen molar-refractivity contribution in [2.75, 3.05) is 44.3 Å². The van der Waals surface area contributed by atoms with Crippen molar-refractivity contribution < 1.29 is 4.74 Å². The Kier molecular flexibility index (Phi) is 3.71. The lowest BCUT2D eigenvalue weighted by molar-refractivity contribution is 0.122.